The van der Waals surface area contributed by atoms with Gasteiger partial charge in [0, 0.05) is 13.0 Å². The third kappa shape index (κ3) is 2.82. The molecule has 2 unspecified atom stereocenters. The van der Waals surface area contributed by atoms with Gasteiger partial charge in [-0.25, -0.2) is 0 Å². The molecule has 4 nitrogen and oxygen atoms in total. The van der Waals surface area contributed by atoms with Gasteiger partial charge in [-0.1, -0.05) is 31.3 Å². The summed E-state index contributed by atoms with van der Waals surface area (Å²) in [6.45, 7) is 4.84. The van der Waals surface area contributed by atoms with Crippen LogP contribution in [0.15, 0.2) is 4.52 Å². The lowest BCUT2D eigenvalue weighted by Crippen LogP contribution is -2.38. The highest BCUT2D eigenvalue weighted by Crippen LogP contribution is 2.26. The fraction of sp³-hybridized carbons (Fsp3) is 0.833. The Balaban J connectivity index is 1.84. The molecule has 1 heterocycles. The van der Waals surface area contributed by atoms with Crippen molar-refractivity contribution < 1.29 is 4.52 Å². The summed E-state index contributed by atoms with van der Waals surface area (Å²) in [5, 5.41) is 7.47. The molecule has 0 saturated heterocycles. The number of hydrogen-bond acceptors (Lipinski definition) is 4. The molecule has 0 aromatic carbocycles. The minimum absolute atomic E-state index is 0.637. The molecule has 1 aliphatic carbocycles. The topological polar surface area (TPSA) is 51.0 Å². The first kappa shape index (κ1) is 11.6. The molecule has 90 valence electrons. The van der Waals surface area contributed by atoms with Crippen molar-refractivity contribution in [3.05, 3.63) is 11.7 Å². The first-order chi connectivity index (χ1) is 7.79. The van der Waals surface area contributed by atoms with E-state index in [1.54, 1.807) is 0 Å². The Labute approximate surface area is 96.8 Å². The van der Waals surface area contributed by atoms with Gasteiger partial charge in [-0.05, 0) is 18.8 Å². The Bertz CT molecular complexity index is 324. The van der Waals surface area contributed by atoms with Crippen LogP contribution < -0.4 is 5.32 Å². The third-order valence-electron chi connectivity index (χ3n) is 3.53. The molecule has 2 rings (SSSR count). The third-order valence-corrected chi connectivity index (χ3v) is 3.53. The zero-order valence-electron chi connectivity index (χ0n) is 10.2. The average molecular weight is 223 g/mol. The van der Waals surface area contributed by atoms with E-state index in [4.69, 9.17) is 4.52 Å². The summed E-state index contributed by atoms with van der Waals surface area (Å²) in [7, 11) is 0. The maximum atomic E-state index is 4.96. The van der Waals surface area contributed by atoms with Crippen molar-refractivity contribution in [3.8, 4) is 0 Å². The van der Waals surface area contributed by atoms with Crippen LogP contribution in [0.25, 0.3) is 0 Å². The van der Waals surface area contributed by atoms with Gasteiger partial charge < -0.3 is 9.84 Å². The van der Waals surface area contributed by atoms with E-state index in [0.29, 0.717) is 11.9 Å². The fourth-order valence-corrected chi connectivity index (χ4v) is 2.60. The molecule has 16 heavy (non-hydrogen) atoms. The average Bonchev–Trinajstić information content (AvgIpc) is 2.73. The van der Waals surface area contributed by atoms with Crippen molar-refractivity contribution >= 4 is 0 Å². The van der Waals surface area contributed by atoms with Crippen molar-refractivity contribution in [1.82, 2.24) is 15.5 Å². The second-order valence-corrected chi connectivity index (χ2v) is 4.67. The highest BCUT2D eigenvalue weighted by Gasteiger charge is 2.23. The van der Waals surface area contributed by atoms with Gasteiger partial charge in [-0.2, -0.15) is 4.98 Å². The predicted octanol–water partition coefficient (Wildman–Crippen LogP) is 2.44. The minimum atomic E-state index is 0.637. The van der Waals surface area contributed by atoms with Crippen LogP contribution in [-0.2, 0) is 6.54 Å². The van der Waals surface area contributed by atoms with Crippen LogP contribution in [0.5, 0.6) is 0 Å². The van der Waals surface area contributed by atoms with Gasteiger partial charge in [-0.3, -0.25) is 0 Å². The number of aryl methyl sites for hydroxylation is 1. The standard InChI is InChI=1S/C12H21N3O/c1-3-10-6-4-5-7-11(10)13-8-12-14-9(2)16-15-12/h10-11,13H,3-8H2,1-2H3. The van der Waals surface area contributed by atoms with Crippen molar-refractivity contribution in [3.63, 3.8) is 0 Å². The summed E-state index contributed by atoms with van der Waals surface area (Å²) in [6, 6.07) is 0.637. The largest absolute Gasteiger partial charge is 0.340 e. The molecular weight excluding hydrogens is 202 g/mol. The van der Waals surface area contributed by atoms with Crippen LogP contribution in [0.1, 0.15) is 50.7 Å². The van der Waals surface area contributed by atoms with Gasteiger partial charge >= 0.3 is 0 Å². The molecule has 0 radical (unpaired) electrons. The molecule has 1 aromatic rings. The molecule has 1 fully saturated rings. The van der Waals surface area contributed by atoms with Crippen molar-refractivity contribution in [1.29, 1.82) is 0 Å². The fourth-order valence-electron chi connectivity index (χ4n) is 2.60. The molecule has 0 amide bonds. The van der Waals surface area contributed by atoms with Crippen LogP contribution >= 0.6 is 0 Å². The summed E-state index contributed by atoms with van der Waals surface area (Å²) in [5.41, 5.74) is 0. The first-order valence-corrected chi connectivity index (χ1v) is 6.32. The van der Waals surface area contributed by atoms with E-state index < -0.39 is 0 Å². The lowest BCUT2D eigenvalue weighted by atomic mass is 9.83. The number of nitrogens with zero attached hydrogens (tertiary/aromatic N) is 2. The Morgan fingerprint density at radius 1 is 1.38 bits per heavy atom. The van der Waals surface area contributed by atoms with Gasteiger partial charge in [0.05, 0.1) is 6.54 Å². The van der Waals surface area contributed by atoms with Crippen LogP contribution in [-0.4, -0.2) is 16.2 Å². The molecular formula is C12H21N3O. The SMILES string of the molecule is CCC1CCCCC1NCc1noc(C)n1. The van der Waals surface area contributed by atoms with Gasteiger partial charge in [-0.15, -0.1) is 0 Å². The highest BCUT2D eigenvalue weighted by atomic mass is 16.5. The number of nitrogens with one attached hydrogen (secondary N) is 1. The van der Waals surface area contributed by atoms with Crippen molar-refractivity contribution in [2.45, 2.75) is 58.5 Å². The van der Waals surface area contributed by atoms with Gasteiger partial charge in [0.2, 0.25) is 5.89 Å². The van der Waals surface area contributed by atoms with E-state index in [1.807, 2.05) is 6.92 Å². The maximum Gasteiger partial charge on any atom is 0.223 e. The van der Waals surface area contributed by atoms with Gasteiger partial charge in [0.15, 0.2) is 5.82 Å². The molecule has 1 aliphatic rings. The van der Waals surface area contributed by atoms with E-state index in [0.717, 1.165) is 18.3 Å². The monoisotopic (exact) mass is 223 g/mol. The zero-order chi connectivity index (χ0) is 11.4. The molecule has 0 spiro atoms. The minimum Gasteiger partial charge on any atom is -0.340 e. The smallest absolute Gasteiger partial charge is 0.223 e. The van der Waals surface area contributed by atoms with Gasteiger partial charge in [0.1, 0.15) is 0 Å². The number of rotatable bonds is 4. The maximum absolute atomic E-state index is 4.96. The molecule has 0 aliphatic heterocycles. The molecule has 1 saturated carbocycles. The normalized spacial score (nSPS) is 25.9. The summed E-state index contributed by atoms with van der Waals surface area (Å²) in [5.74, 6) is 2.24. The summed E-state index contributed by atoms with van der Waals surface area (Å²) < 4.78 is 4.96. The zero-order valence-corrected chi connectivity index (χ0v) is 10.2. The predicted molar refractivity (Wildman–Crippen MR) is 61.9 cm³/mol. The Morgan fingerprint density at radius 3 is 2.88 bits per heavy atom. The molecule has 4 heteroatoms. The van der Waals surface area contributed by atoms with Crippen molar-refractivity contribution in [2.24, 2.45) is 5.92 Å². The second-order valence-electron chi connectivity index (χ2n) is 4.67. The quantitative estimate of drug-likeness (QED) is 0.851. The molecule has 1 aromatic heterocycles. The second kappa shape index (κ2) is 5.43. The van der Waals surface area contributed by atoms with Crippen LogP contribution in [0, 0.1) is 12.8 Å². The van der Waals surface area contributed by atoms with Gasteiger partial charge in [0.25, 0.3) is 0 Å². The Hall–Kier alpha value is -0.900. The number of aromatic nitrogens is 2. The first-order valence-electron chi connectivity index (χ1n) is 6.32. The number of hydrogen-bond donors (Lipinski definition) is 1. The van der Waals surface area contributed by atoms with Crippen molar-refractivity contribution in [2.75, 3.05) is 0 Å². The summed E-state index contributed by atoms with van der Waals surface area (Å²) >= 11 is 0. The van der Waals surface area contributed by atoms with Crippen LogP contribution in [0.4, 0.5) is 0 Å². The molecule has 2 atom stereocenters. The lowest BCUT2D eigenvalue weighted by Gasteiger charge is -2.31. The summed E-state index contributed by atoms with van der Waals surface area (Å²) in [4.78, 5) is 4.21. The molecule has 1 N–H and O–H groups in total. The Morgan fingerprint density at radius 2 is 2.19 bits per heavy atom. The highest BCUT2D eigenvalue weighted by molar-refractivity contribution is 4.86. The van der Waals surface area contributed by atoms with E-state index in [9.17, 15) is 0 Å². The Kier molecular flexibility index (Phi) is 3.93. The van der Waals surface area contributed by atoms with Crippen LogP contribution in [0.3, 0.4) is 0 Å². The van der Waals surface area contributed by atoms with E-state index in [1.165, 1.54) is 32.1 Å². The molecule has 0 bridgehead atoms. The van der Waals surface area contributed by atoms with E-state index in [2.05, 4.69) is 22.4 Å². The lowest BCUT2D eigenvalue weighted by molar-refractivity contribution is 0.252. The van der Waals surface area contributed by atoms with E-state index >= 15 is 0 Å². The van der Waals surface area contributed by atoms with E-state index in [-0.39, 0.29) is 0 Å². The summed E-state index contributed by atoms with van der Waals surface area (Å²) in [6.07, 6.45) is 6.65. The van der Waals surface area contributed by atoms with Crippen LogP contribution in [0.2, 0.25) is 0 Å².